The van der Waals surface area contributed by atoms with Crippen molar-refractivity contribution in [2.75, 3.05) is 4.90 Å². The second-order valence-corrected chi connectivity index (χ2v) is 11.4. The average Bonchev–Trinajstić information content (AvgIpc) is 3.35. The molecule has 2 aliphatic heterocycles. The monoisotopic (exact) mass is 546 g/mol. The summed E-state index contributed by atoms with van der Waals surface area (Å²) in [7, 11) is 0. The zero-order valence-electron chi connectivity index (χ0n) is 23.3. The number of nitrogens with zero attached hydrogens (tertiary/aromatic N) is 4. The van der Waals surface area contributed by atoms with Crippen LogP contribution in [0.25, 0.3) is 0 Å². The lowest BCUT2D eigenvalue weighted by atomic mass is 9.71. The summed E-state index contributed by atoms with van der Waals surface area (Å²) in [6.07, 6.45) is 0.589. The molecule has 5 rings (SSSR count). The van der Waals surface area contributed by atoms with Gasteiger partial charge < -0.3 is 9.94 Å². The van der Waals surface area contributed by atoms with Gasteiger partial charge in [-0.25, -0.2) is 9.69 Å². The van der Waals surface area contributed by atoms with Crippen molar-refractivity contribution in [3.05, 3.63) is 113 Å². The molecule has 206 valence electrons. The van der Waals surface area contributed by atoms with E-state index >= 15 is 0 Å². The van der Waals surface area contributed by atoms with E-state index in [-0.39, 0.29) is 11.3 Å². The quantitative estimate of drug-likeness (QED) is 0.384. The molecule has 0 bridgehead atoms. The Morgan fingerprint density at radius 1 is 0.976 bits per heavy atom. The zero-order valence-corrected chi connectivity index (χ0v) is 23.3. The number of carbonyl (C=O) groups is 2. The van der Waals surface area contributed by atoms with E-state index in [9.17, 15) is 25.3 Å². The molecular formula is C33H30N4O4. The van der Waals surface area contributed by atoms with Crippen LogP contribution in [0.4, 0.5) is 10.5 Å². The summed E-state index contributed by atoms with van der Waals surface area (Å²) in [5.74, 6) is -2.23. The van der Waals surface area contributed by atoms with Crippen molar-refractivity contribution in [1.82, 2.24) is 5.06 Å². The van der Waals surface area contributed by atoms with E-state index in [0.717, 1.165) is 26.7 Å². The zero-order chi connectivity index (χ0) is 29.5. The fourth-order valence-corrected chi connectivity index (χ4v) is 6.17. The number of imide groups is 1. The second-order valence-electron chi connectivity index (χ2n) is 11.4. The van der Waals surface area contributed by atoms with Gasteiger partial charge in [-0.3, -0.25) is 4.79 Å². The molecule has 0 aromatic heterocycles. The summed E-state index contributed by atoms with van der Waals surface area (Å²) in [5.41, 5.74) is 0.234. The molecule has 1 spiro atoms. The minimum Gasteiger partial charge on any atom is -0.443 e. The van der Waals surface area contributed by atoms with Gasteiger partial charge in [-0.2, -0.15) is 15.6 Å². The lowest BCUT2D eigenvalue weighted by molar-refractivity contribution is -0.189. The number of fused-ring (bicyclic) bond motifs is 2. The topological polar surface area (TPSA) is 118 Å². The molecule has 41 heavy (non-hydrogen) atoms. The van der Waals surface area contributed by atoms with Crippen molar-refractivity contribution in [2.45, 2.75) is 50.8 Å². The molecule has 1 saturated heterocycles. The van der Waals surface area contributed by atoms with Crippen LogP contribution in [0.2, 0.25) is 0 Å². The number of nitriles is 2. The van der Waals surface area contributed by atoms with Crippen LogP contribution in [0.15, 0.2) is 90.5 Å². The van der Waals surface area contributed by atoms with E-state index in [1.807, 2.05) is 73.7 Å². The van der Waals surface area contributed by atoms with Crippen LogP contribution in [0.3, 0.4) is 0 Å². The minimum absolute atomic E-state index is 0.199. The number of anilines is 1. The first-order valence-corrected chi connectivity index (χ1v) is 13.3. The van der Waals surface area contributed by atoms with E-state index in [0.29, 0.717) is 5.56 Å². The van der Waals surface area contributed by atoms with Gasteiger partial charge in [0, 0.05) is 17.4 Å². The molecule has 0 radical (unpaired) electrons. The van der Waals surface area contributed by atoms with Crippen LogP contribution in [0.5, 0.6) is 0 Å². The Bertz CT molecular complexity index is 1610. The summed E-state index contributed by atoms with van der Waals surface area (Å²) in [4.78, 5) is 29.2. The van der Waals surface area contributed by atoms with Gasteiger partial charge in [0.05, 0.1) is 11.7 Å². The molecule has 1 N–H and O–H groups in total. The number of hydrogen-bond acceptors (Lipinski definition) is 7. The molecule has 8 nitrogen and oxygen atoms in total. The minimum atomic E-state index is -1.85. The van der Waals surface area contributed by atoms with E-state index in [4.69, 9.17) is 4.74 Å². The van der Waals surface area contributed by atoms with Crippen molar-refractivity contribution in [1.29, 1.82) is 10.5 Å². The number of aryl methyl sites for hydroxylation is 1. The van der Waals surface area contributed by atoms with Crippen molar-refractivity contribution in [2.24, 2.45) is 5.92 Å². The highest BCUT2D eigenvalue weighted by Gasteiger charge is 2.69. The summed E-state index contributed by atoms with van der Waals surface area (Å²) < 4.78 is 5.63. The highest BCUT2D eigenvalue weighted by Crippen LogP contribution is 2.63. The molecule has 2 aliphatic rings. The van der Waals surface area contributed by atoms with Crippen LogP contribution in [-0.4, -0.2) is 27.9 Å². The Morgan fingerprint density at radius 3 is 2.24 bits per heavy atom. The first-order valence-electron chi connectivity index (χ1n) is 13.3. The number of amides is 2. The third-order valence-corrected chi connectivity index (χ3v) is 7.65. The van der Waals surface area contributed by atoms with Gasteiger partial charge in [-0.05, 0) is 51.0 Å². The smallest absolute Gasteiger partial charge is 0.421 e. The molecule has 3 aromatic carbocycles. The Labute approximate surface area is 239 Å². The lowest BCUT2D eigenvalue weighted by Crippen LogP contribution is -2.53. The molecule has 8 heteroatoms. The molecule has 4 atom stereocenters. The first-order chi connectivity index (χ1) is 19.5. The molecule has 2 amide bonds. The van der Waals surface area contributed by atoms with Crippen LogP contribution < -0.4 is 4.90 Å². The Kier molecular flexibility index (Phi) is 7.00. The summed E-state index contributed by atoms with van der Waals surface area (Å²) in [6, 6.07) is 26.9. The van der Waals surface area contributed by atoms with Gasteiger partial charge in [0.2, 0.25) is 0 Å². The van der Waals surface area contributed by atoms with Gasteiger partial charge in [0.15, 0.2) is 5.54 Å². The molecule has 1 fully saturated rings. The maximum absolute atomic E-state index is 14.7. The fraction of sp³-hybridized carbons (Fsp3) is 0.273. The Morgan fingerprint density at radius 2 is 1.61 bits per heavy atom. The highest BCUT2D eigenvalue weighted by atomic mass is 16.6. The van der Waals surface area contributed by atoms with E-state index in [1.165, 1.54) is 6.08 Å². The first kappa shape index (κ1) is 27.8. The number of benzene rings is 3. The maximum Gasteiger partial charge on any atom is 0.421 e. The summed E-state index contributed by atoms with van der Waals surface area (Å²) in [6.45, 7) is 7.07. The van der Waals surface area contributed by atoms with Gasteiger partial charge in [0.25, 0.3) is 5.91 Å². The fourth-order valence-electron chi connectivity index (χ4n) is 6.17. The SMILES string of the molecule is Cc1cccc([C@@H]2[C@@H](C=C(C#N)C#N)[C@]3(C(=O)N(C(=O)OC(C)(C)C)c4ccccc43)N(O)[C@H]2c2ccccc2)c1. The van der Waals surface area contributed by atoms with Gasteiger partial charge >= 0.3 is 6.09 Å². The Balaban J connectivity index is 1.85. The number of ether oxygens (including phenoxy) is 1. The van der Waals surface area contributed by atoms with Gasteiger partial charge in [0.1, 0.15) is 23.3 Å². The number of rotatable bonds is 3. The average molecular weight is 547 g/mol. The molecule has 0 aliphatic carbocycles. The molecule has 0 unspecified atom stereocenters. The predicted octanol–water partition coefficient (Wildman–Crippen LogP) is 6.29. The lowest BCUT2D eigenvalue weighted by Gasteiger charge is -2.35. The van der Waals surface area contributed by atoms with Crippen LogP contribution in [0, 0.1) is 35.5 Å². The van der Waals surface area contributed by atoms with E-state index < -0.39 is 41.0 Å². The third-order valence-electron chi connectivity index (χ3n) is 7.65. The van der Waals surface area contributed by atoms with Crippen LogP contribution >= 0.6 is 0 Å². The number of allylic oxidation sites excluding steroid dienone is 1. The normalized spacial score (nSPS) is 23.5. The van der Waals surface area contributed by atoms with Gasteiger partial charge in [-0.15, -0.1) is 0 Å². The number of carbonyl (C=O) groups excluding carboxylic acids is 2. The summed E-state index contributed by atoms with van der Waals surface area (Å²) in [5, 5.41) is 33.0. The molecular weight excluding hydrogens is 516 g/mol. The van der Waals surface area contributed by atoms with Crippen molar-refractivity contribution >= 4 is 17.7 Å². The highest BCUT2D eigenvalue weighted by molar-refractivity contribution is 6.21. The van der Waals surface area contributed by atoms with E-state index in [2.05, 4.69) is 0 Å². The standard InChI is InChI=1S/C33H30N4O4/c1-21-11-10-14-24(17-21)28-26(18-22(19-34)20-35)33(37(40)29(28)23-12-6-5-7-13-23)25-15-8-9-16-27(25)36(30(33)38)31(39)41-32(2,3)4/h5-18,26,28-29,40H,1-4H3/t26-,28-,29+,33-/m1/s1. The molecule has 0 saturated carbocycles. The Hall–Kier alpha value is -4.76. The van der Waals surface area contributed by atoms with Gasteiger partial charge in [-0.1, -0.05) is 78.4 Å². The maximum atomic E-state index is 14.7. The molecule has 3 aromatic rings. The summed E-state index contributed by atoms with van der Waals surface area (Å²) >= 11 is 0. The van der Waals surface area contributed by atoms with E-state index in [1.54, 1.807) is 45.0 Å². The van der Waals surface area contributed by atoms with Crippen LogP contribution in [-0.2, 0) is 15.1 Å². The second kappa shape index (κ2) is 10.3. The predicted molar refractivity (Wildman–Crippen MR) is 151 cm³/mol. The largest absolute Gasteiger partial charge is 0.443 e. The van der Waals surface area contributed by atoms with Crippen molar-refractivity contribution in [3.63, 3.8) is 0 Å². The van der Waals surface area contributed by atoms with Crippen molar-refractivity contribution in [3.8, 4) is 12.1 Å². The number of para-hydroxylation sites is 1. The number of hydroxylamine groups is 2. The number of hydrogen-bond donors (Lipinski definition) is 1. The van der Waals surface area contributed by atoms with Crippen molar-refractivity contribution < 1.29 is 19.5 Å². The third kappa shape index (κ3) is 4.48. The van der Waals surface area contributed by atoms with Crippen LogP contribution in [0.1, 0.15) is 55.0 Å². The molecule has 2 heterocycles.